The van der Waals surface area contributed by atoms with Crippen LogP contribution in [0.1, 0.15) is 13.8 Å². The van der Waals surface area contributed by atoms with Gasteiger partial charge in [0.25, 0.3) is 0 Å². The van der Waals surface area contributed by atoms with Gasteiger partial charge in [0, 0.05) is 5.39 Å². The van der Waals surface area contributed by atoms with Crippen molar-refractivity contribution < 1.29 is 4.79 Å². The van der Waals surface area contributed by atoms with Crippen LogP contribution in [-0.4, -0.2) is 22.1 Å². The average molecular weight is 232 g/mol. The molecule has 5 nitrogen and oxygen atoms in total. The maximum Gasteiger partial charge on any atom is 0.241 e. The second-order valence-corrected chi connectivity index (χ2v) is 4.40. The first-order chi connectivity index (χ1) is 8.09. The third kappa shape index (κ3) is 2.29. The van der Waals surface area contributed by atoms with Crippen LogP contribution in [0.2, 0.25) is 0 Å². The highest BCUT2D eigenvalue weighted by atomic mass is 16.2. The van der Waals surface area contributed by atoms with E-state index in [9.17, 15) is 4.79 Å². The molecule has 0 bridgehead atoms. The van der Waals surface area contributed by atoms with E-state index in [-0.39, 0.29) is 11.8 Å². The Hall–Kier alpha value is -1.88. The molecule has 1 unspecified atom stereocenters. The summed E-state index contributed by atoms with van der Waals surface area (Å²) in [6, 6.07) is 5.12. The number of hydrogen-bond donors (Lipinski definition) is 3. The molecule has 0 radical (unpaired) electrons. The van der Waals surface area contributed by atoms with Gasteiger partial charge in [0.1, 0.15) is 0 Å². The molecule has 0 saturated heterocycles. The fourth-order valence-electron chi connectivity index (χ4n) is 1.59. The molecule has 0 fully saturated rings. The van der Waals surface area contributed by atoms with Gasteiger partial charge in [-0.2, -0.15) is 5.10 Å². The average Bonchev–Trinajstić information content (AvgIpc) is 2.76. The molecule has 1 heterocycles. The van der Waals surface area contributed by atoms with Crippen molar-refractivity contribution in [1.29, 1.82) is 0 Å². The van der Waals surface area contributed by atoms with Gasteiger partial charge in [-0.25, -0.2) is 0 Å². The number of rotatable bonds is 3. The van der Waals surface area contributed by atoms with Crippen LogP contribution in [0.3, 0.4) is 0 Å². The number of benzene rings is 1. The third-order valence-electron chi connectivity index (χ3n) is 2.76. The maximum absolute atomic E-state index is 11.8. The molecular weight excluding hydrogens is 216 g/mol. The summed E-state index contributed by atoms with van der Waals surface area (Å²) in [6.07, 6.45) is 1.72. The van der Waals surface area contributed by atoms with Gasteiger partial charge < -0.3 is 11.1 Å². The molecule has 5 heteroatoms. The number of nitrogens with zero attached hydrogens (tertiary/aromatic N) is 1. The van der Waals surface area contributed by atoms with Crippen molar-refractivity contribution in [1.82, 2.24) is 10.2 Å². The quantitative estimate of drug-likeness (QED) is 0.749. The second-order valence-electron chi connectivity index (χ2n) is 4.40. The van der Waals surface area contributed by atoms with E-state index < -0.39 is 6.04 Å². The summed E-state index contributed by atoms with van der Waals surface area (Å²) in [6.45, 7) is 3.84. The number of para-hydroxylation sites is 1. The second kappa shape index (κ2) is 4.55. The molecule has 1 aromatic carbocycles. The Balaban J connectivity index is 2.24. The van der Waals surface area contributed by atoms with Crippen molar-refractivity contribution in [2.45, 2.75) is 19.9 Å². The number of anilines is 1. The molecule has 1 aromatic heterocycles. The van der Waals surface area contributed by atoms with Crippen molar-refractivity contribution >= 4 is 22.5 Å². The molecule has 0 spiro atoms. The third-order valence-corrected chi connectivity index (χ3v) is 2.76. The van der Waals surface area contributed by atoms with E-state index >= 15 is 0 Å². The molecular formula is C12H16N4O. The number of H-pyrrole nitrogens is 1. The van der Waals surface area contributed by atoms with Crippen molar-refractivity contribution in [2.75, 3.05) is 5.32 Å². The normalized spacial score (nSPS) is 12.9. The predicted octanol–water partition coefficient (Wildman–Crippen LogP) is 1.48. The summed E-state index contributed by atoms with van der Waals surface area (Å²) in [5.41, 5.74) is 7.32. The number of amides is 1. The molecule has 4 N–H and O–H groups in total. The largest absolute Gasteiger partial charge is 0.323 e. The molecule has 2 aromatic rings. The number of hydrogen-bond acceptors (Lipinski definition) is 3. The van der Waals surface area contributed by atoms with Gasteiger partial charge in [0.05, 0.1) is 23.4 Å². The molecule has 0 aliphatic heterocycles. The minimum absolute atomic E-state index is 0.107. The molecule has 90 valence electrons. The lowest BCUT2D eigenvalue weighted by molar-refractivity contribution is -0.118. The highest BCUT2D eigenvalue weighted by Gasteiger charge is 2.18. The van der Waals surface area contributed by atoms with E-state index in [0.717, 1.165) is 10.9 Å². The highest BCUT2D eigenvalue weighted by molar-refractivity contribution is 6.02. The Bertz CT molecular complexity index is 532. The monoisotopic (exact) mass is 232 g/mol. The lowest BCUT2D eigenvalue weighted by atomic mass is 10.0. The SMILES string of the molecule is CC(C)C(N)C(=O)Nc1cccc2cn[nH]c12. The van der Waals surface area contributed by atoms with Gasteiger partial charge in [-0.3, -0.25) is 9.89 Å². The summed E-state index contributed by atoms with van der Waals surface area (Å²) in [4.78, 5) is 11.8. The van der Waals surface area contributed by atoms with Gasteiger partial charge in [-0.1, -0.05) is 26.0 Å². The summed E-state index contributed by atoms with van der Waals surface area (Å²) in [7, 11) is 0. The number of carbonyl (C=O) groups excluding carboxylic acids is 1. The first kappa shape index (κ1) is 11.6. The van der Waals surface area contributed by atoms with Gasteiger partial charge in [0.2, 0.25) is 5.91 Å². The first-order valence-electron chi connectivity index (χ1n) is 5.58. The van der Waals surface area contributed by atoms with Crippen LogP contribution < -0.4 is 11.1 Å². The lowest BCUT2D eigenvalue weighted by Crippen LogP contribution is -2.39. The van der Waals surface area contributed by atoms with Crippen LogP contribution in [0, 0.1) is 5.92 Å². The van der Waals surface area contributed by atoms with Crippen LogP contribution in [0.4, 0.5) is 5.69 Å². The number of fused-ring (bicyclic) bond motifs is 1. The minimum Gasteiger partial charge on any atom is -0.323 e. The van der Waals surface area contributed by atoms with Crippen LogP contribution in [0.5, 0.6) is 0 Å². The molecule has 0 aliphatic carbocycles. The summed E-state index contributed by atoms with van der Waals surface area (Å²) in [5, 5.41) is 10.6. The summed E-state index contributed by atoms with van der Waals surface area (Å²) in [5.74, 6) is -0.0712. The van der Waals surface area contributed by atoms with Crippen LogP contribution in [-0.2, 0) is 4.79 Å². The Morgan fingerprint density at radius 1 is 1.47 bits per heavy atom. The van der Waals surface area contributed by atoms with Gasteiger partial charge in [-0.15, -0.1) is 0 Å². The standard InChI is InChI=1S/C12H16N4O/c1-7(2)10(13)12(17)15-9-5-3-4-8-6-14-16-11(8)9/h3-7,10H,13H2,1-2H3,(H,14,16)(H,15,17). The van der Waals surface area contributed by atoms with Crippen LogP contribution in [0.15, 0.2) is 24.4 Å². The molecule has 17 heavy (non-hydrogen) atoms. The van der Waals surface area contributed by atoms with E-state index in [1.807, 2.05) is 32.0 Å². The van der Waals surface area contributed by atoms with Crippen molar-refractivity contribution in [2.24, 2.45) is 11.7 Å². The predicted molar refractivity (Wildman–Crippen MR) is 67.5 cm³/mol. The Kier molecular flexibility index (Phi) is 3.10. The van der Waals surface area contributed by atoms with Crippen molar-refractivity contribution in [3.05, 3.63) is 24.4 Å². The number of aromatic nitrogens is 2. The van der Waals surface area contributed by atoms with E-state index in [1.54, 1.807) is 6.20 Å². The van der Waals surface area contributed by atoms with Crippen LogP contribution >= 0.6 is 0 Å². The Morgan fingerprint density at radius 3 is 2.94 bits per heavy atom. The van der Waals surface area contributed by atoms with E-state index in [2.05, 4.69) is 15.5 Å². The smallest absolute Gasteiger partial charge is 0.241 e. The number of aromatic amines is 1. The fraction of sp³-hybridized carbons (Fsp3) is 0.333. The topological polar surface area (TPSA) is 83.8 Å². The fourth-order valence-corrected chi connectivity index (χ4v) is 1.59. The summed E-state index contributed by atoms with van der Waals surface area (Å²) < 4.78 is 0. The zero-order chi connectivity index (χ0) is 12.4. The first-order valence-corrected chi connectivity index (χ1v) is 5.58. The summed E-state index contributed by atoms with van der Waals surface area (Å²) >= 11 is 0. The van der Waals surface area contributed by atoms with E-state index in [0.29, 0.717) is 5.69 Å². The van der Waals surface area contributed by atoms with E-state index in [4.69, 9.17) is 5.73 Å². The van der Waals surface area contributed by atoms with Crippen molar-refractivity contribution in [3.63, 3.8) is 0 Å². The van der Waals surface area contributed by atoms with E-state index in [1.165, 1.54) is 0 Å². The number of nitrogens with one attached hydrogen (secondary N) is 2. The highest BCUT2D eigenvalue weighted by Crippen LogP contribution is 2.20. The Labute approximate surface area is 99.4 Å². The van der Waals surface area contributed by atoms with Gasteiger partial charge in [-0.05, 0) is 12.0 Å². The van der Waals surface area contributed by atoms with Gasteiger partial charge in [0.15, 0.2) is 0 Å². The zero-order valence-corrected chi connectivity index (χ0v) is 9.90. The number of nitrogens with two attached hydrogens (primary N) is 1. The van der Waals surface area contributed by atoms with Crippen LogP contribution in [0.25, 0.3) is 10.9 Å². The minimum atomic E-state index is -0.506. The molecule has 0 aliphatic rings. The molecule has 0 saturated carbocycles. The molecule has 1 amide bonds. The van der Waals surface area contributed by atoms with Gasteiger partial charge >= 0.3 is 0 Å². The molecule has 2 rings (SSSR count). The number of carbonyl (C=O) groups is 1. The lowest BCUT2D eigenvalue weighted by Gasteiger charge is -2.15. The zero-order valence-electron chi connectivity index (χ0n) is 9.90. The van der Waals surface area contributed by atoms with Crippen molar-refractivity contribution in [3.8, 4) is 0 Å². The Morgan fingerprint density at radius 2 is 2.24 bits per heavy atom. The maximum atomic E-state index is 11.8. The molecule has 1 atom stereocenters.